The van der Waals surface area contributed by atoms with Gasteiger partial charge in [-0.05, 0) is 36.4 Å². The number of benzene rings is 2. The number of carboxylic acids is 1. The number of rotatable bonds is 7. The van der Waals surface area contributed by atoms with Crippen LogP contribution in [-0.4, -0.2) is 34.0 Å². The molecule has 0 spiro atoms. The highest BCUT2D eigenvalue weighted by Gasteiger charge is 2.40. The van der Waals surface area contributed by atoms with Crippen LogP contribution in [0.1, 0.15) is 19.3 Å². The molecule has 2 aromatic carbocycles. The molecule has 28 heavy (non-hydrogen) atoms. The Hall–Kier alpha value is -3.13. The molecule has 2 N–H and O–H groups in total. The first-order valence-electron chi connectivity index (χ1n) is 8.64. The van der Waals surface area contributed by atoms with E-state index in [0.29, 0.717) is 11.4 Å². The molecular weight excluding hydrogens is 380 g/mol. The van der Waals surface area contributed by atoms with E-state index in [2.05, 4.69) is 5.32 Å². The fourth-order valence-electron chi connectivity index (χ4n) is 2.77. The van der Waals surface area contributed by atoms with Crippen molar-refractivity contribution in [1.82, 2.24) is 0 Å². The lowest BCUT2D eigenvalue weighted by molar-refractivity contribution is -0.138. The standard InChI is InChI=1S/C20H18N2O5S/c23-17(10-11-19(25)26)21-13-6-8-15(9-7-13)28-16-12-18(24)22(20(16)27)14-4-2-1-3-5-14/h1-9,16H,10-12H2,(H,21,23)(H,25,26)/t16-/m1/s1. The first-order chi connectivity index (χ1) is 13.4. The summed E-state index contributed by atoms with van der Waals surface area (Å²) < 4.78 is 0. The molecule has 1 fully saturated rings. The van der Waals surface area contributed by atoms with E-state index in [-0.39, 0.29) is 37.0 Å². The van der Waals surface area contributed by atoms with E-state index in [1.807, 2.05) is 6.07 Å². The van der Waals surface area contributed by atoms with Crippen LogP contribution in [0.15, 0.2) is 59.5 Å². The lowest BCUT2D eigenvalue weighted by Crippen LogP contribution is -2.30. The van der Waals surface area contributed by atoms with Gasteiger partial charge in [0.15, 0.2) is 0 Å². The smallest absolute Gasteiger partial charge is 0.303 e. The van der Waals surface area contributed by atoms with E-state index in [1.165, 1.54) is 16.7 Å². The molecule has 1 saturated heterocycles. The van der Waals surface area contributed by atoms with Crippen LogP contribution in [0.25, 0.3) is 0 Å². The summed E-state index contributed by atoms with van der Waals surface area (Å²) in [6.07, 6.45) is -0.193. The van der Waals surface area contributed by atoms with Crippen molar-refractivity contribution < 1.29 is 24.3 Å². The number of imide groups is 1. The Labute approximate surface area is 165 Å². The minimum Gasteiger partial charge on any atom is -0.481 e. The Bertz CT molecular complexity index is 899. The maximum absolute atomic E-state index is 12.6. The summed E-state index contributed by atoms with van der Waals surface area (Å²) in [4.78, 5) is 49.1. The molecule has 1 heterocycles. The predicted octanol–water partition coefficient (Wildman–Crippen LogP) is 2.91. The Morgan fingerprint density at radius 2 is 1.71 bits per heavy atom. The molecule has 0 unspecified atom stereocenters. The normalized spacial score (nSPS) is 16.3. The third kappa shape index (κ3) is 4.77. The number of thioether (sulfide) groups is 1. The van der Waals surface area contributed by atoms with Gasteiger partial charge in [0.05, 0.1) is 17.4 Å². The van der Waals surface area contributed by atoms with E-state index in [1.54, 1.807) is 48.5 Å². The van der Waals surface area contributed by atoms with Crippen LogP contribution >= 0.6 is 11.8 Å². The van der Waals surface area contributed by atoms with Crippen LogP contribution in [0, 0.1) is 0 Å². The van der Waals surface area contributed by atoms with Crippen LogP contribution in [0.2, 0.25) is 0 Å². The van der Waals surface area contributed by atoms with Gasteiger partial charge in [0, 0.05) is 23.4 Å². The number of nitrogens with zero attached hydrogens (tertiary/aromatic N) is 1. The second kappa shape index (κ2) is 8.71. The molecule has 0 radical (unpaired) electrons. The van der Waals surface area contributed by atoms with E-state index in [0.717, 1.165) is 4.90 Å². The maximum Gasteiger partial charge on any atom is 0.303 e. The van der Waals surface area contributed by atoms with Crippen LogP contribution in [0.5, 0.6) is 0 Å². The molecule has 0 aromatic heterocycles. The van der Waals surface area contributed by atoms with Gasteiger partial charge in [-0.1, -0.05) is 18.2 Å². The van der Waals surface area contributed by atoms with Crippen molar-refractivity contribution >= 4 is 46.8 Å². The number of carboxylic acid groups (broad SMARTS) is 1. The van der Waals surface area contributed by atoms with Gasteiger partial charge < -0.3 is 10.4 Å². The fourth-order valence-corrected chi connectivity index (χ4v) is 3.82. The van der Waals surface area contributed by atoms with Crippen molar-refractivity contribution in [1.29, 1.82) is 0 Å². The fraction of sp³-hybridized carbons (Fsp3) is 0.200. The minimum absolute atomic E-state index is 0.0974. The predicted molar refractivity (Wildman–Crippen MR) is 105 cm³/mol. The first-order valence-corrected chi connectivity index (χ1v) is 9.52. The monoisotopic (exact) mass is 398 g/mol. The van der Waals surface area contributed by atoms with Crippen molar-refractivity contribution in [3.8, 4) is 0 Å². The van der Waals surface area contributed by atoms with Gasteiger partial charge in [-0.3, -0.25) is 19.2 Å². The summed E-state index contributed by atoms with van der Waals surface area (Å²) in [5, 5.41) is 10.7. The zero-order valence-corrected chi connectivity index (χ0v) is 15.6. The van der Waals surface area contributed by atoms with Gasteiger partial charge in [-0.15, -0.1) is 11.8 Å². The van der Waals surface area contributed by atoms with Gasteiger partial charge in [0.1, 0.15) is 0 Å². The number of hydrogen-bond acceptors (Lipinski definition) is 5. The number of para-hydroxylation sites is 1. The SMILES string of the molecule is O=C(O)CCC(=O)Nc1ccc(S[C@@H]2CC(=O)N(c3ccccc3)C2=O)cc1. The lowest BCUT2D eigenvalue weighted by atomic mass is 10.2. The van der Waals surface area contributed by atoms with E-state index in [9.17, 15) is 19.2 Å². The Morgan fingerprint density at radius 1 is 1.04 bits per heavy atom. The van der Waals surface area contributed by atoms with Gasteiger partial charge >= 0.3 is 5.97 Å². The summed E-state index contributed by atoms with van der Waals surface area (Å²) >= 11 is 1.30. The zero-order chi connectivity index (χ0) is 20.1. The van der Waals surface area contributed by atoms with Gasteiger partial charge in [0.25, 0.3) is 0 Å². The van der Waals surface area contributed by atoms with Crippen LogP contribution in [-0.2, 0) is 19.2 Å². The summed E-state index contributed by atoms with van der Waals surface area (Å²) in [7, 11) is 0. The number of carbonyl (C=O) groups is 4. The third-order valence-electron chi connectivity index (χ3n) is 4.10. The molecule has 0 aliphatic carbocycles. The van der Waals surface area contributed by atoms with Crippen molar-refractivity contribution in [2.75, 3.05) is 10.2 Å². The topological polar surface area (TPSA) is 104 Å². The summed E-state index contributed by atoms with van der Waals surface area (Å²) in [5.74, 6) is -1.87. The van der Waals surface area contributed by atoms with Gasteiger partial charge in [-0.25, -0.2) is 4.90 Å². The largest absolute Gasteiger partial charge is 0.481 e. The van der Waals surface area contributed by atoms with Crippen LogP contribution in [0.3, 0.4) is 0 Å². The Morgan fingerprint density at radius 3 is 2.36 bits per heavy atom. The molecular formula is C20H18N2O5S. The van der Waals surface area contributed by atoms with E-state index >= 15 is 0 Å². The van der Waals surface area contributed by atoms with Gasteiger partial charge in [-0.2, -0.15) is 0 Å². The van der Waals surface area contributed by atoms with Crippen LogP contribution < -0.4 is 10.2 Å². The zero-order valence-electron chi connectivity index (χ0n) is 14.8. The average Bonchev–Trinajstić information content (AvgIpc) is 2.95. The number of nitrogens with one attached hydrogen (secondary N) is 1. The quantitative estimate of drug-likeness (QED) is 0.695. The molecule has 1 atom stereocenters. The maximum atomic E-state index is 12.6. The van der Waals surface area contributed by atoms with Gasteiger partial charge in [0.2, 0.25) is 17.7 Å². The molecule has 0 saturated carbocycles. The third-order valence-corrected chi connectivity index (χ3v) is 5.30. The number of aliphatic carboxylic acids is 1. The Kier molecular flexibility index (Phi) is 6.10. The summed E-state index contributed by atoms with van der Waals surface area (Å²) in [6, 6.07) is 15.7. The summed E-state index contributed by atoms with van der Waals surface area (Å²) in [5.41, 5.74) is 1.11. The molecule has 2 aromatic rings. The van der Waals surface area contributed by atoms with Crippen molar-refractivity contribution in [2.24, 2.45) is 0 Å². The van der Waals surface area contributed by atoms with Crippen molar-refractivity contribution in [2.45, 2.75) is 29.4 Å². The molecule has 8 heteroatoms. The molecule has 0 bridgehead atoms. The molecule has 1 aliphatic heterocycles. The molecule has 3 amide bonds. The van der Waals surface area contributed by atoms with Crippen LogP contribution in [0.4, 0.5) is 11.4 Å². The molecule has 3 rings (SSSR count). The second-order valence-corrected chi connectivity index (χ2v) is 7.46. The van der Waals surface area contributed by atoms with E-state index < -0.39 is 11.2 Å². The number of hydrogen-bond donors (Lipinski definition) is 2. The lowest BCUT2D eigenvalue weighted by Gasteiger charge is -2.14. The minimum atomic E-state index is -1.03. The van der Waals surface area contributed by atoms with Crippen molar-refractivity contribution in [3.63, 3.8) is 0 Å². The van der Waals surface area contributed by atoms with Crippen molar-refractivity contribution in [3.05, 3.63) is 54.6 Å². The highest BCUT2D eigenvalue weighted by molar-refractivity contribution is 8.00. The van der Waals surface area contributed by atoms with E-state index in [4.69, 9.17) is 5.11 Å². The average molecular weight is 398 g/mol. The number of amides is 3. The highest BCUT2D eigenvalue weighted by Crippen LogP contribution is 2.34. The number of anilines is 2. The molecule has 144 valence electrons. The highest BCUT2D eigenvalue weighted by atomic mass is 32.2. The second-order valence-electron chi connectivity index (χ2n) is 6.18. The Balaban J connectivity index is 1.60. The molecule has 7 nitrogen and oxygen atoms in total. The number of carbonyl (C=O) groups excluding carboxylic acids is 3. The first kappa shape index (κ1) is 19.6. The molecule has 1 aliphatic rings. The summed E-state index contributed by atoms with van der Waals surface area (Å²) in [6.45, 7) is 0.